The maximum atomic E-state index is 13.0. The average molecular weight is 331 g/mol. The second-order valence-electron chi connectivity index (χ2n) is 5.54. The van der Waals surface area contributed by atoms with Crippen molar-refractivity contribution in [1.82, 2.24) is 4.57 Å². The molecule has 0 aliphatic carbocycles. The van der Waals surface area contributed by atoms with Crippen LogP contribution in [0.25, 0.3) is 0 Å². The van der Waals surface area contributed by atoms with E-state index in [0.717, 1.165) is 0 Å². The molecule has 2 heterocycles. The Bertz CT molecular complexity index is 769. The van der Waals surface area contributed by atoms with Crippen molar-refractivity contribution in [3.8, 4) is 0 Å². The Hall–Kier alpha value is -2.05. The highest BCUT2D eigenvalue weighted by molar-refractivity contribution is 7.91. The van der Waals surface area contributed by atoms with Gasteiger partial charge in [-0.3, -0.25) is 9.59 Å². The van der Waals surface area contributed by atoms with Crippen LogP contribution in [0.4, 0.5) is 0 Å². The summed E-state index contributed by atoms with van der Waals surface area (Å²) in [4.78, 5) is 25.6. The SMILES string of the molecule is CC[S+]([O-])c1cccc(C(=O)C2(C(=O)O)CCn3cccc32)c1. The van der Waals surface area contributed by atoms with E-state index in [1.807, 2.05) is 0 Å². The summed E-state index contributed by atoms with van der Waals surface area (Å²) >= 11 is -1.19. The van der Waals surface area contributed by atoms with Crippen molar-refractivity contribution in [3.05, 3.63) is 53.9 Å². The number of aliphatic carboxylic acids is 1. The van der Waals surface area contributed by atoms with Gasteiger partial charge in [-0.15, -0.1) is 0 Å². The van der Waals surface area contributed by atoms with Crippen LogP contribution in [0.2, 0.25) is 0 Å². The number of hydrogen-bond donors (Lipinski definition) is 1. The molecular formula is C17H17NO4S. The van der Waals surface area contributed by atoms with E-state index in [2.05, 4.69) is 0 Å². The molecule has 1 aliphatic heterocycles. The Morgan fingerprint density at radius 3 is 2.83 bits per heavy atom. The van der Waals surface area contributed by atoms with Crippen molar-refractivity contribution in [3.63, 3.8) is 0 Å². The van der Waals surface area contributed by atoms with Crippen molar-refractivity contribution in [2.24, 2.45) is 0 Å². The Labute approximate surface area is 137 Å². The minimum absolute atomic E-state index is 0.235. The highest BCUT2D eigenvalue weighted by Gasteiger charge is 2.52. The number of benzene rings is 1. The van der Waals surface area contributed by atoms with Gasteiger partial charge in [0.2, 0.25) is 0 Å². The third-order valence-corrected chi connectivity index (χ3v) is 5.67. The largest absolute Gasteiger partial charge is 0.611 e. The quantitative estimate of drug-likeness (QED) is 0.517. The minimum atomic E-state index is -1.56. The van der Waals surface area contributed by atoms with Crippen molar-refractivity contribution in [1.29, 1.82) is 0 Å². The molecule has 0 radical (unpaired) electrons. The van der Waals surface area contributed by atoms with Crippen molar-refractivity contribution >= 4 is 22.9 Å². The zero-order valence-electron chi connectivity index (χ0n) is 12.7. The first kappa shape index (κ1) is 15.8. The Kier molecular flexibility index (Phi) is 4.04. The van der Waals surface area contributed by atoms with Gasteiger partial charge in [0.15, 0.2) is 16.1 Å². The number of ketones is 1. The lowest BCUT2D eigenvalue weighted by atomic mass is 9.76. The Morgan fingerprint density at radius 2 is 2.13 bits per heavy atom. The van der Waals surface area contributed by atoms with Gasteiger partial charge >= 0.3 is 5.97 Å². The van der Waals surface area contributed by atoms with Crippen molar-refractivity contribution in [2.75, 3.05) is 5.75 Å². The summed E-state index contributed by atoms with van der Waals surface area (Å²) in [6.07, 6.45) is 2.02. The predicted molar refractivity (Wildman–Crippen MR) is 86.1 cm³/mol. The molecule has 0 fully saturated rings. The van der Waals surface area contributed by atoms with Crippen molar-refractivity contribution < 1.29 is 19.2 Å². The highest BCUT2D eigenvalue weighted by atomic mass is 32.2. The molecule has 0 bridgehead atoms. The summed E-state index contributed by atoms with van der Waals surface area (Å²) in [6.45, 7) is 2.30. The van der Waals surface area contributed by atoms with E-state index in [9.17, 15) is 19.2 Å². The number of aryl methyl sites for hydroxylation is 1. The third kappa shape index (κ3) is 2.38. The van der Waals surface area contributed by atoms with Gasteiger partial charge in [0.05, 0.1) is 0 Å². The molecule has 0 saturated heterocycles. The van der Waals surface area contributed by atoms with Gasteiger partial charge in [0.25, 0.3) is 0 Å². The third-order valence-electron chi connectivity index (χ3n) is 4.37. The normalized spacial score (nSPS) is 21.0. The van der Waals surface area contributed by atoms with Gasteiger partial charge in [0.1, 0.15) is 5.75 Å². The van der Waals surface area contributed by atoms with Gasteiger partial charge in [-0.2, -0.15) is 0 Å². The monoisotopic (exact) mass is 331 g/mol. The van der Waals surface area contributed by atoms with Crippen LogP contribution in [-0.2, 0) is 27.9 Å². The molecular weight excluding hydrogens is 314 g/mol. The topological polar surface area (TPSA) is 82.4 Å². The van der Waals surface area contributed by atoms with E-state index in [4.69, 9.17) is 0 Å². The average Bonchev–Trinajstić information content (AvgIpc) is 3.16. The molecule has 23 heavy (non-hydrogen) atoms. The van der Waals surface area contributed by atoms with E-state index in [1.165, 1.54) is 0 Å². The summed E-state index contributed by atoms with van der Waals surface area (Å²) in [7, 11) is 0. The van der Waals surface area contributed by atoms with Crippen LogP contribution in [0.5, 0.6) is 0 Å². The van der Waals surface area contributed by atoms with E-state index >= 15 is 0 Å². The first-order chi connectivity index (χ1) is 11.0. The summed E-state index contributed by atoms with van der Waals surface area (Å²) in [5.41, 5.74) is -0.756. The van der Waals surface area contributed by atoms with Crippen LogP contribution in [0, 0.1) is 0 Å². The lowest BCUT2D eigenvalue weighted by molar-refractivity contribution is -0.141. The highest BCUT2D eigenvalue weighted by Crippen LogP contribution is 2.39. The molecule has 0 saturated carbocycles. The molecule has 2 aromatic rings. The lowest BCUT2D eigenvalue weighted by Crippen LogP contribution is -2.42. The molecule has 1 aromatic carbocycles. The standard InChI is InChI=1S/C17H17NO4S/c1-2-23(22)13-6-3-5-12(11-13)15(19)17(16(20)21)8-10-18-9-4-7-14(17)18/h3-7,9,11H,2,8,10H2,1H3,(H,20,21). The van der Waals surface area contributed by atoms with Crippen LogP contribution in [0.1, 0.15) is 29.4 Å². The van der Waals surface area contributed by atoms with E-state index in [-0.39, 0.29) is 6.42 Å². The number of carbonyl (C=O) groups is 2. The smallest absolute Gasteiger partial charge is 0.323 e. The maximum absolute atomic E-state index is 13.0. The summed E-state index contributed by atoms with van der Waals surface area (Å²) in [6, 6.07) is 9.93. The number of carboxylic acids is 1. The van der Waals surface area contributed by atoms with Crippen LogP contribution in [0.3, 0.4) is 0 Å². The minimum Gasteiger partial charge on any atom is -0.611 e. The molecule has 3 rings (SSSR count). The number of carboxylic acid groups (broad SMARTS) is 1. The number of rotatable bonds is 5. The van der Waals surface area contributed by atoms with Gasteiger partial charge < -0.3 is 14.2 Å². The number of hydrogen-bond acceptors (Lipinski definition) is 3. The number of Topliss-reactive ketones (excluding diaryl/α,β-unsaturated/α-hetero) is 1. The lowest BCUT2D eigenvalue weighted by Gasteiger charge is -2.22. The van der Waals surface area contributed by atoms with Gasteiger partial charge in [-0.25, -0.2) is 0 Å². The molecule has 1 aromatic heterocycles. The number of carbonyl (C=O) groups excluding carboxylic acids is 1. The van der Waals surface area contributed by atoms with Crippen LogP contribution >= 0.6 is 0 Å². The molecule has 1 N–H and O–H groups in total. The number of nitrogens with zero attached hydrogens (tertiary/aromatic N) is 1. The van der Waals surface area contributed by atoms with Crippen LogP contribution in [-0.4, -0.2) is 31.7 Å². The van der Waals surface area contributed by atoms with Gasteiger partial charge in [0, 0.05) is 30.1 Å². The fraction of sp³-hybridized carbons (Fsp3) is 0.294. The van der Waals surface area contributed by atoms with Crippen molar-refractivity contribution in [2.45, 2.75) is 30.2 Å². The van der Waals surface area contributed by atoms with Gasteiger partial charge in [-0.05, 0) is 42.7 Å². The zero-order chi connectivity index (χ0) is 16.6. The Balaban J connectivity index is 2.07. The number of aromatic nitrogens is 1. The predicted octanol–water partition coefficient (Wildman–Crippen LogP) is 2.22. The second kappa shape index (κ2) is 5.86. The van der Waals surface area contributed by atoms with E-state index in [0.29, 0.717) is 28.5 Å². The maximum Gasteiger partial charge on any atom is 0.323 e. The Morgan fingerprint density at radius 1 is 1.35 bits per heavy atom. The molecule has 120 valence electrons. The first-order valence-electron chi connectivity index (χ1n) is 7.43. The zero-order valence-corrected chi connectivity index (χ0v) is 13.5. The molecule has 5 nitrogen and oxygen atoms in total. The molecule has 0 spiro atoms. The molecule has 2 unspecified atom stereocenters. The van der Waals surface area contributed by atoms with E-state index in [1.54, 1.807) is 54.1 Å². The summed E-state index contributed by atoms with van der Waals surface area (Å²) < 4.78 is 13.8. The fourth-order valence-electron chi connectivity index (χ4n) is 3.15. The van der Waals surface area contributed by atoms with Crippen LogP contribution in [0.15, 0.2) is 47.5 Å². The second-order valence-corrected chi connectivity index (χ2v) is 7.28. The fourth-order valence-corrected chi connectivity index (χ4v) is 3.97. The summed E-state index contributed by atoms with van der Waals surface area (Å²) in [5, 5.41) is 9.79. The molecule has 1 aliphatic rings. The van der Waals surface area contributed by atoms with Gasteiger partial charge in [-0.1, -0.05) is 12.1 Å². The molecule has 2 atom stereocenters. The molecule has 6 heteroatoms. The van der Waals surface area contributed by atoms with Crippen LogP contribution < -0.4 is 0 Å². The molecule has 0 amide bonds. The first-order valence-corrected chi connectivity index (χ1v) is 8.75. The van der Waals surface area contributed by atoms with E-state index < -0.39 is 28.3 Å². The summed E-state index contributed by atoms with van der Waals surface area (Å²) in [5.74, 6) is -1.13. The number of fused-ring (bicyclic) bond motifs is 1.